The Bertz CT molecular complexity index is 616. The third kappa shape index (κ3) is 1.67. The smallest absolute Gasteiger partial charge is 0.166 e. The summed E-state index contributed by atoms with van der Waals surface area (Å²) in [4.78, 5) is 12.0. The molecule has 2 heteroatoms. The molecule has 0 aliphatic heterocycles. The van der Waals surface area contributed by atoms with Gasteiger partial charge in [0.15, 0.2) is 5.78 Å². The van der Waals surface area contributed by atoms with Crippen molar-refractivity contribution < 1.29 is 4.79 Å². The summed E-state index contributed by atoms with van der Waals surface area (Å²) in [6.45, 7) is 1.98. The summed E-state index contributed by atoms with van der Waals surface area (Å²) in [5.41, 5.74) is 4.05. The van der Waals surface area contributed by atoms with Gasteiger partial charge in [-0.15, -0.1) is 0 Å². The van der Waals surface area contributed by atoms with Gasteiger partial charge in [-0.05, 0) is 29.7 Å². The monoisotopic (exact) mass is 256 g/mol. The van der Waals surface area contributed by atoms with E-state index in [4.69, 9.17) is 11.6 Å². The number of Topliss-reactive ketones (excluding diaryl/α,β-unsaturated/α-hetero) is 1. The molecule has 90 valence electrons. The molecule has 0 saturated heterocycles. The summed E-state index contributed by atoms with van der Waals surface area (Å²) in [7, 11) is 0. The van der Waals surface area contributed by atoms with Crippen LogP contribution in [0.2, 0.25) is 5.02 Å². The zero-order valence-electron chi connectivity index (χ0n) is 10.1. The van der Waals surface area contributed by atoms with Crippen molar-refractivity contribution in [2.45, 2.75) is 13.3 Å². The van der Waals surface area contributed by atoms with Gasteiger partial charge in [0.05, 0.1) is 0 Å². The van der Waals surface area contributed by atoms with Crippen molar-refractivity contribution in [2.24, 2.45) is 5.92 Å². The summed E-state index contributed by atoms with van der Waals surface area (Å²) < 4.78 is 0. The molecule has 1 aliphatic rings. The van der Waals surface area contributed by atoms with Gasteiger partial charge >= 0.3 is 0 Å². The van der Waals surface area contributed by atoms with Gasteiger partial charge in [0, 0.05) is 22.1 Å². The third-order valence-electron chi connectivity index (χ3n) is 3.55. The van der Waals surface area contributed by atoms with Crippen LogP contribution in [0.5, 0.6) is 0 Å². The van der Waals surface area contributed by atoms with Gasteiger partial charge in [-0.2, -0.15) is 0 Å². The molecular weight excluding hydrogens is 244 g/mol. The number of hydrogen-bond acceptors (Lipinski definition) is 1. The van der Waals surface area contributed by atoms with Gasteiger partial charge in [-0.1, -0.05) is 48.9 Å². The largest absolute Gasteiger partial charge is 0.294 e. The van der Waals surface area contributed by atoms with Crippen LogP contribution in [0.4, 0.5) is 0 Å². The fourth-order valence-corrected chi connectivity index (χ4v) is 2.93. The first-order valence-electron chi connectivity index (χ1n) is 6.09. The Kier molecular flexibility index (Phi) is 2.71. The maximum Gasteiger partial charge on any atom is 0.166 e. The lowest BCUT2D eigenvalue weighted by molar-refractivity contribution is 0.0946. The predicted octanol–water partition coefficient (Wildman–Crippen LogP) is 4.38. The minimum absolute atomic E-state index is 0.0703. The van der Waals surface area contributed by atoms with Gasteiger partial charge in [0.2, 0.25) is 0 Å². The molecule has 0 heterocycles. The van der Waals surface area contributed by atoms with Crippen molar-refractivity contribution in [1.29, 1.82) is 0 Å². The lowest BCUT2D eigenvalue weighted by Gasteiger charge is -2.10. The Labute approximate surface area is 111 Å². The van der Waals surface area contributed by atoms with Gasteiger partial charge in [0.1, 0.15) is 0 Å². The highest BCUT2D eigenvalue weighted by molar-refractivity contribution is 6.34. The molecule has 18 heavy (non-hydrogen) atoms. The van der Waals surface area contributed by atoms with Crippen LogP contribution in [-0.2, 0) is 6.42 Å². The molecule has 0 N–H and O–H groups in total. The fourth-order valence-electron chi connectivity index (χ4n) is 2.64. The van der Waals surface area contributed by atoms with Crippen LogP contribution in [0.1, 0.15) is 22.8 Å². The Hall–Kier alpha value is -1.60. The first kappa shape index (κ1) is 11.5. The van der Waals surface area contributed by atoms with Crippen LogP contribution in [0.25, 0.3) is 11.1 Å². The highest BCUT2D eigenvalue weighted by Gasteiger charge is 2.30. The summed E-state index contributed by atoms with van der Waals surface area (Å²) in [6.07, 6.45) is 0.791. The number of carbonyl (C=O) groups excluding carboxylic acids is 1. The number of halogens is 1. The Balaban J connectivity index is 2.26. The fraction of sp³-hybridized carbons (Fsp3) is 0.188. The first-order valence-corrected chi connectivity index (χ1v) is 6.47. The van der Waals surface area contributed by atoms with E-state index >= 15 is 0 Å². The van der Waals surface area contributed by atoms with Crippen LogP contribution in [-0.4, -0.2) is 5.78 Å². The summed E-state index contributed by atoms with van der Waals surface area (Å²) >= 11 is 6.33. The number of rotatable bonds is 1. The van der Waals surface area contributed by atoms with E-state index in [0.29, 0.717) is 0 Å². The second-order valence-corrected chi connectivity index (χ2v) is 5.19. The van der Waals surface area contributed by atoms with Gasteiger partial charge in [0.25, 0.3) is 0 Å². The van der Waals surface area contributed by atoms with Crippen LogP contribution in [0, 0.1) is 5.92 Å². The van der Waals surface area contributed by atoms with Crippen molar-refractivity contribution in [3.63, 3.8) is 0 Å². The maximum absolute atomic E-state index is 12.0. The van der Waals surface area contributed by atoms with E-state index in [1.165, 1.54) is 0 Å². The minimum Gasteiger partial charge on any atom is -0.294 e. The number of hydrogen-bond donors (Lipinski definition) is 0. The van der Waals surface area contributed by atoms with E-state index in [0.717, 1.165) is 33.7 Å². The molecule has 2 aromatic carbocycles. The second kappa shape index (κ2) is 4.25. The van der Waals surface area contributed by atoms with Crippen LogP contribution < -0.4 is 0 Å². The molecule has 3 rings (SSSR count). The molecule has 1 aliphatic carbocycles. The molecule has 0 aromatic heterocycles. The number of ketones is 1. The highest BCUT2D eigenvalue weighted by atomic mass is 35.5. The Morgan fingerprint density at radius 3 is 2.56 bits per heavy atom. The van der Waals surface area contributed by atoms with Crippen molar-refractivity contribution in [1.82, 2.24) is 0 Å². The average molecular weight is 257 g/mol. The van der Waals surface area contributed by atoms with Crippen molar-refractivity contribution >= 4 is 17.4 Å². The predicted molar refractivity (Wildman–Crippen MR) is 74.1 cm³/mol. The topological polar surface area (TPSA) is 17.1 Å². The third-order valence-corrected chi connectivity index (χ3v) is 3.86. The molecule has 2 aromatic rings. The van der Waals surface area contributed by atoms with Crippen molar-refractivity contribution in [2.75, 3.05) is 0 Å². The summed E-state index contributed by atoms with van der Waals surface area (Å²) in [6, 6.07) is 13.7. The molecular formula is C16H13ClO. The molecule has 0 saturated carbocycles. The quantitative estimate of drug-likeness (QED) is 0.740. The second-order valence-electron chi connectivity index (χ2n) is 4.78. The van der Waals surface area contributed by atoms with Crippen LogP contribution in [0.3, 0.4) is 0 Å². The van der Waals surface area contributed by atoms with Crippen molar-refractivity contribution in [3.8, 4) is 11.1 Å². The van der Waals surface area contributed by atoms with Gasteiger partial charge < -0.3 is 0 Å². The van der Waals surface area contributed by atoms with Crippen LogP contribution in [0.15, 0.2) is 42.5 Å². The molecule has 1 unspecified atom stereocenters. The van der Waals surface area contributed by atoms with E-state index in [1.807, 2.05) is 49.4 Å². The lowest BCUT2D eigenvalue weighted by atomic mass is 9.96. The SMILES string of the molecule is CC1Cc2c(ccc(Cl)c2-c2ccccc2)C1=O. The van der Waals surface area contributed by atoms with E-state index < -0.39 is 0 Å². The molecule has 0 spiro atoms. The van der Waals surface area contributed by atoms with E-state index in [2.05, 4.69) is 0 Å². The molecule has 1 nitrogen and oxygen atoms in total. The van der Waals surface area contributed by atoms with E-state index in [9.17, 15) is 4.79 Å². The van der Waals surface area contributed by atoms with E-state index in [-0.39, 0.29) is 11.7 Å². The molecule has 0 fully saturated rings. The molecule has 1 atom stereocenters. The Morgan fingerprint density at radius 2 is 1.83 bits per heavy atom. The van der Waals surface area contributed by atoms with Gasteiger partial charge in [-0.25, -0.2) is 0 Å². The molecule has 0 radical (unpaired) electrons. The van der Waals surface area contributed by atoms with E-state index in [1.54, 1.807) is 0 Å². The summed E-state index contributed by atoms with van der Waals surface area (Å²) in [5.74, 6) is 0.305. The Morgan fingerprint density at radius 1 is 1.11 bits per heavy atom. The average Bonchev–Trinajstić information content (AvgIpc) is 2.66. The lowest BCUT2D eigenvalue weighted by Crippen LogP contribution is -2.02. The standard InChI is InChI=1S/C16H13ClO/c1-10-9-13-12(16(10)18)7-8-14(17)15(13)11-5-3-2-4-6-11/h2-8,10H,9H2,1H3. The molecule has 0 bridgehead atoms. The van der Waals surface area contributed by atoms with Crippen molar-refractivity contribution in [3.05, 3.63) is 58.6 Å². The zero-order chi connectivity index (χ0) is 12.7. The number of carbonyl (C=O) groups is 1. The minimum atomic E-state index is 0.0703. The maximum atomic E-state index is 12.0. The normalized spacial score (nSPS) is 17.9. The summed E-state index contributed by atoms with van der Waals surface area (Å²) in [5, 5.41) is 0.724. The van der Waals surface area contributed by atoms with Gasteiger partial charge in [-0.3, -0.25) is 4.79 Å². The number of fused-ring (bicyclic) bond motifs is 1. The van der Waals surface area contributed by atoms with Crippen LogP contribution >= 0.6 is 11.6 Å². The first-order chi connectivity index (χ1) is 8.68. The zero-order valence-corrected chi connectivity index (χ0v) is 10.9. The number of benzene rings is 2. The molecule has 0 amide bonds. The highest BCUT2D eigenvalue weighted by Crippen LogP contribution is 2.39.